The number of hydrogen-bond acceptors (Lipinski definition) is 7. The van der Waals surface area contributed by atoms with Crippen molar-refractivity contribution in [2.45, 2.75) is 13.2 Å². The lowest BCUT2D eigenvalue weighted by molar-refractivity contribution is -0.135. The van der Waals surface area contributed by atoms with E-state index in [1.54, 1.807) is 30.6 Å². The van der Waals surface area contributed by atoms with E-state index in [0.29, 0.717) is 34.3 Å². The predicted octanol–water partition coefficient (Wildman–Crippen LogP) is 2.35. The maximum atomic E-state index is 12.1. The van der Waals surface area contributed by atoms with Crippen LogP contribution in [-0.4, -0.2) is 43.1 Å². The Kier molecular flexibility index (Phi) is 4.92. The van der Waals surface area contributed by atoms with Gasteiger partial charge in [0.1, 0.15) is 0 Å². The highest BCUT2D eigenvalue weighted by Gasteiger charge is 2.34. The Morgan fingerprint density at radius 1 is 1.15 bits per heavy atom. The molecule has 1 aliphatic heterocycles. The summed E-state index contributed by atoms with van der Waals surface area (Å²) in [5, 5.41) is 5.56. The fourth-order valence-corrected chi connectivity index (χ4v) is 2.63. The normalized spacial score (nSPS) is 15.9. The Labute approximate surface area is 150 Å². The monoisotopic (exact) mass is 357 g/mol. The van der Waals surface area contributed by atoms with Crippen molar-refractivity contribution in [1.82, 2.24) is 9.99 Å². The van der Waals surface area contributed by atoms with Gasteiger partial charge in [-0.25, -0.2) is 0 Å². The molecule has 1 aromatic heterocycles. The van der Waals surface area contributed by atoms with Crippen LogP contribution in [0.1, 0.15) is 24.3 Å². The van der Waals surface area contributed by atoms with Crippen molar-refractivity contribution in [3.8, 4) is 17.2 Å². The summed E-state index contributed by atoms with van der Waals surface area (Å²) in [5.41, 5.74) is 1.31. The lowest BCUT2D eigenvalue weighted by Gasteiger charge is -2.21. The summed E-state index contributed by atoms with van der Waals surface area (Å²) in [6.45, 7) is 1.42. The van der Waals surface area contributed by atoms with Crippen LogP contribution in [0.5, 0.6) is 17.2 Å². The van der Waals surface area contributed by atoms with Crippen LogP contribution in [0, 0.1) is 0 Å². The summed E-state index contributed by atoms with van der Waals surface area (Å²) in [7, 11) is 4.57. The number of hydrogen-bond donors (Lipinski definition) is 0. The number of carbonyl (C=O) groups is 1. The summed E-state index contributed by atoms with van der Waals surface area (Å²) < 4.78 is 22.0. The van der Waals surface area contributed by atoms with E-state index >= 15 is 0 Å². The molecule has 0 fully saturated rings. The van der Waals surface area contributed by atoms with E-state index in [2.05, 4.69) is 10.1 Å². The van der Waals surface area contributed by atoms with Gasteiger partial charge in [-0.15, -0.1) is 5.10 Å². The van der Waals surface area contributed by atoms with Gasteiger partial charge < -0.3 is 18.9 Å². The Hall–Kier alpha value is -3.29. The molecule has 0 spiro atoms. The van der Waals surface area contributed by atoms with Crippen molar-refractivity contribution in [2.75, 3.05) is 21.3 Å². The maximum Gasteiger partial charge on any atom is 0.243 e. The molecule has 1 aromatic carbocycles. The third-order valence-corrected chi connectivity index (χ3v) is 3.85. The number of hydrazone groups is 1. The van der Waals surface area contributed by atoms with Crippen molar-refractivity contribution in [1.29, 1.82) is 0 Å². The molecule has 8 heteroatoms. The van der Waals surface area contributed by atoms with Gasteiger partial charge in [-0.3, -0.25) is 9.78 Å². The Morgan fingerprint density at radius 2 is 1.85 bits per heavy atom. The van der Waals surface area contributed by atoms with E-state index in [1.807, 2.05) is 6.07 Å². The SMILES string of the molecule is COc1cc([C@@H]2OC(c3cccnc3)=NN2C(C)=O)cc(OC)c1OC. The second-order valence-corrected chi connectivity index (χ2v) is 5.44. The third kappa shape index (κ3) is 3.13. The second-order valence-electron chi connectivity index (χ2n) is 5.44. The summed E-state index contributed by atoms with van der Waals surface area (Å²) >= 11 is 0. The Balaban J connectivity index is 2.02. The van der Waals surface area contributed by atoms with Crippen molar-refractivity contribution >= 4 is 11.8 Å². The number of ether oxygens (including phenoxy) is 4. The zero-order valence-electron chi connectivity index (χ0n) is 14.9. The average Bonchev–Trinajstić information content (AvgIpc) is 3.13. The molecule has 0 unspecified atom stereocenters. The molecule has 8 nitrogen and oxygen atoms in total. The number of pyridine rings is 1. The minimum atomic E-state index is -0.753. The van der Waals surface area contributed by atoms with Crippen LogP contribution in [-0.2, 0) is 9.53 Å². The number of rotatable bonds is 5. The topological polar surface area (TPSA) is 82.5 Å². The van der Waals surface area contributed by atoms with E-state index < -0.39 is 6.23 Å². The van der Waals surface area contributed by atoms with Crippen LogP contribution in [0.15, 0.2) is 41.8 Å². The largest absolute Gasteiger partial charge is 0.493 e. The van der Waals surface area contributed by atoms with Gasteiger partial charge in [-0.05, 0) is 24.3 Å². The van der Waals surface area contributed by atoms with E-state index in [1.165, 1.54) is 33.3 Å². The first-order valence-electron chi connectivity index (χ1n) is 7.84. The van der Waals surface area contributed by atoms with Crippen LogP contribution < -0.4 is 14.2 Å². The van der Waals surface area contributed by atoms with Crippen molar-refractivity contribution in [3.63, 3.8) is 0 Å². The number of carbonyl (C=O) groups excluding carboxylic acids is 1. The molecule has 2 heterocycles. The maximum absolute atomic E-state index is 12.1. The number of nitrogens with zero attached hydrogens (tertiary/aromatic N) is 3. The molecule has 0 saturated carbocycles. The van der Waals surface area contributed by atoms with Crippen molar-refractivity contribution in [2.24, 2.45) is 5.10 Å². The van der Waals surface area contributed by atoms with E-state index in [4.69, 9.17) is 18.9 Å². The molecular formula is C18H19N3O5. The zero-order valence-corrected chi connectivity index (χ0v) is 14.9. The molecule has 1 amide bonds. The number of methoxy groups -OCH3 is 3. The van der Waals surface area contributed by atoms with E-state index in [-0.39, 0.29) is 5.91 Å². The first kappa shape index (κ1) is 17.5. The molecule has 0 aliphatic carbocycles. The summed E-state index contributed by atoms with van der Waals surface area (Å²) in [5.74, 6) is 1.43. The number of benzene rings is 1. The average molecular weight is 357 g/mol. The van der Waals surface area contributed by atoms with Crippen LogP contribution in [0.25, 0.3) is 0 Å². The Morgan fingerprint density at radius 3 is 2.35 bits per heavy atom. The molecule has 0 saturated heterocycles. The quantitative estimate of drug-likeness (QED) is 0.817. The van der Waals surface area contributed by atoms with Gasteiger partial charge in [0, 0.05) is 24.9 Å². The molecule has 1 aliphatic rings. The standard InChI is InChI=1S/C18H19N3O5/c1-11(22)21-18(26-17(20-21)12-6-5-7-19-10-12)13-8-14(23-2)16(25-4)15(9-13)24-3/h5-10,18H,1-4H3/t18-/m0/s1. The minimum absolute atomic E-state index is 0.261. The van der Waals surface area contributed by atoms with Gasteiger partial charge in [0.2, 0.25) is 23.8 Å². The number of amides is 1. The minimum Gasteiger partial charge on any atom is -0.493 e. The summed E-state index contributed by atoms with van der Waals surface area (Å²) in [6.07, 6.45) is 2.52. The van der Waals surface area contributed by atoms with Gasteiger partial charge in [-0.1, -0.05) is 0 Å². The van der Waals surface area contributed by atoms with Crippen molar-refractivity contribution < 1.29 is 23.7 Å². The van der Waals surface area contributed by atoms with Gasteiger partial charge in [0.15, 0.2) is 11.5 Å². The molecule has 0 radical (unpaired) electrons. The first-order valence-corrected chi connectivity index (χ1v) is 7.84. The second kappa shape index (κ2) is 7.30. The van der Waals surface area contributed by atoms with Gasteiger partial charge >= 0.3 is 0 Å². The van der Waals surface area contributed by atoms with Gasteiger partial charge in [0.25, 0.3) is 0 Å². The zero-order chi connectivity index (χ0) is 18.7. The first-order chi connectivity index (χ1) is 12.6. The molecule has 1 atom stereocenters. The van der Waals surface area contributed by atoms with E-state index in [9.17, 15) is 4.79 Å². The molecule has 0 bridgehead atoms. The molecule has 2 aromatic rings. The van der Waals surface area contributed by atoms with Crippen LogP contribution >= 0.6 is 0 Å². The summed E-state index contributed by atoms with van der Waals surface area (Å²) in [4.78, 5) is 16.1. The fourth-order valence-electron chi connectivity index (χ4n) is 2.63. The predicted molar refractivity (Wildman–Crippen MR) is 93.2 cm³/mol. The van der Waals surface area contributed by atoms with E-state index in [0.717, 1.165) is 0 Å². The third-order valence-electron chi connectivity index (χ3n) is 3.85. The lowest BCUT2D eigenvalue weighted by atomic mass is 10.1. The molecular weight excluding hydrogens is 338 g/mol. The Bertz CT molecular complexity index is 813. The van der Waals surface area contributed by atoms with Gasteiger partial charge in [-0.2, -0.15) is 5.01 Å². The highest BCUT2D eigenvalue weighted by molar-refractivity contribution is 5.96. The molecule has 3 rings (SSSR count). The fraction of sp³-hybridized carbons (Fsp3) is 0.278. The highest BCUT2D eigenvalue weighted by atomic mass is 16.5. The lowest BCUT2D eigenvalue weighted by Crippen LogP contribution is -2.25. The molecule has 136 valence electrons. The van der Waals surface area contributed by atoms with Crippen molar-refractivity contribution in [3.05, 3.63) is 47.8 Å². The number of aromatic nitrogens is 1. The van der Waals surface area contributed by atoms with Crippen LogP contribution in [0.2, 0.25) is 0 Å². The molecule has 0 N–H and O–H groups in total. The smallest absolute Gasteiger partial charge is 0.243 e. The van der Waals surface area contributed by atoms with Crippen LogP contribution in [0.4, 0.5) is 0 Å². The van der Waals surface area contributed by atoms with Gasteiger partial charge in [0.05, 0.1) is 26.9 Å². The van der Waals surface area contributed by atoms with Crippen LogP contribution in [0.3, 0.4) is 0 Å². The highest BCUT2D eigenvalue weighted by Crippen LogP contribution is 2.42. The molecule has 26 heavy (non-hydrogen) atoms. The summed E-state index contributed by atoms with van der Waals surface area (Å²) in [6, 6.07) is 7.03.